The molecule has 0 bridgehead atoms. The summed E-state index contributed by atoms with van der Waals surface area (Å²) in [6, 6.07) is 8.61. The molecule has 1 atom stereocenters. The molecule has 0 amide bonds. The van der Waals surface area contributed by atoms with E-state index in [0.29, 0.717) is 17.8 Å². The van der Waals surface area contributed by atoms with Gasteiger partial charge in [-0.2, -0.15) is 4.98 Å². The lowest BCUT2D eigenvalue weighted by Crippen LogP contribution is -2.31. The summed E-state index contributed by atoms with van der Waals surface area (Å²) in [7, 11) is 0. The molecule has 1 aromatic heterocycles. The number of nitrogens with zero attached hydrogens (tertiary/aromatic N) is 2. The largest absolute Gasteiger partial charge is 0.339 e. The Hall–Kier alpha value is -1.68. The van der Waals surface area contributed by atoms with Gasteiger partial charge in [0, 0.05) is 18.0 Å². The zero-order valence-electron chi connectivity index (χ0n) is 13.2. The molecule has 1 aromatic carbocycles. The van der Waals surface area contributed by atoms with E-state index in [2.05, 4.69) is 48.4 Å². The lowest BCUT2D eigenvalue weighted by atomic mass is 10.1. The molecule has 1 unspecified atom stereocenters. The smallest absolute Gasteiger partial charge is 0.228 e. The minimum atomic E-state index is 0.418. The van der Waals surface area contributed by atoms with Gasteiger partial charge in [-0.15, -0.1) is 0 Å². The van der Waals surface area contributed by atoms with E-state index in [1.807, 2.05) is 12.1 Å². The molecule has 21 heavy (non-hydrogen) atoms. The van der Waals surface area contributed by atoms with Crippen molar-refractivity contribution in [1.82, 2.24) is 15.5 Å². The van der Waals surface area contributed by atoms with Crippen LogP contribution in [0.1, 0.15) is 44.6 Å². The fourth-order valence-electron chi connectivity index (χ4n) is 2.34. The van der Waals surface area contributed by atoms with Crippen molar-refractivity contribution >= 4 is 0 Å². The molecule has 114 valence electrons. The summed E-state index contributed by atoms with van der Waals surface area (Å²) in [5.41, 5.74) is 2.23. The van der Waals surface area contributed by atoms with Crippen molar-refractivity contribution in [2.75, 3.05) is 6.54 Å². The Morgan fingerprint density at radius 1 is 1.14 bits per heavy atom. The Morgan fingerprint density at radius 2 is 1.90 bits per heavy atom. The van der Waals surface area contributed by atoms with Gasteiger partial charge in [0.15, 0.2) is 0 Å². The van der Waals surface area contributed by atoms with E-state index in [4.69, 9.17) is 4.52 Å². The van der Waals surface area contributed by atoms with E-state index in [1.54, 1.807) is 0 Å². The Labute approximate surface area is 127 Å². The highest BCUT2D eigenvalue weighted by atomic mass is 16.5. The zero-order chi connectivity index (χ0) is 15.1. The van der Waals surface area contributed by atoms with E-state index < -0.39 is 0 Å². The Morgan fingerprint density at radius 3 is 2.57 bits per heavy atom. The van der Waals surface area contributed by atoms with E-state index >= 15 is 0 Å². The summed E-state index contributed by atoms with van der Waals surface area (Å²) in [6.45, 7) is 7.48. The predicted octanol–water partition coefficient (Wildman–Crippen LogP) is 3.76. The van der Waals surface area contributed by atoms with Gasteiger partial charge >= 0.3 is 0 Å². The molecule has 0 radical (unpaired) electrons. The van der Waals surface area contributed by atoms with Crippen LogP contribution in [0.15, 0.2) is 28.8 Å². The van der Waals surface area contributed by atoms with Crippen molar-refractivity contribution < 1.29 is 4.52 Å². The molecule has 0 aliphatic rings. The van der Waals surface area contributed by atoms with Gasteiger partial charge in [0.05, 0.1) is 0 Å². The van der Waals surface area contributed by atoms with Gasteiger partial charge in [-0.1, -0.05) is 55.3 Å². The second-order valence-electron chi connectivity index (χ2n) is 5.52. The normalized spacial score (nSPS) is 12.5. The summed E-state index contributed by atoms with van der Waals surface area (Å²) in [6.07, 6.45) is 4.22. The summed E-state index contributed by atoms with van der Waals surface area (Å²) >= 11 is 0. The number of rotatable bonds is 8. The Balaban J connectivity index is 2.02. The highest BCUT2D eigenvalue weighted by Gasteiger charge is 2.14. The minimum Gasteiger partial charge on any atom is -0.339 e. The van der Waals surface area contributed by atoms with Crippen molar-refractivity contribution in [1.29, 1.82) is 0 Å². The monoisotopic (exact) mass is 287 g/mol. The van der Waals surface area contributed by atoms with Gasteiger partial charge in [-0.25, -0.2) is 0 Å². The minimum absolute atomic E-state index is 0.418. The van der Waals surface area contributed by atoms with Crippen molar-refractivity contribution in [2.24, 2.45) is 0 Å². The number of benzene rings is 1. The first-order valence-corrected chi connectivity index (χ1v) is 7.86. The fraction of sp³-hybridized carbons (Fsp3) is 0.529. The molecule has 0 saturated heterocycles. The van der Waals surface area contributed by atoms with Crippen LogP contribution >= 0.6 is 0 Å². The molecule has 1 N–H and O–H groups in total. The van der Waals surface area contributed by atoms with Crippen LogP contribution in [0.25, 0.3) is 11.4 Å². The number of aromatic nitrogens is 2. The average Bonchev–Trinajstić information content (AvgIpc) is 2.94. The quantitative estimate of drug-likeness (QED) is 0.803. The second kappa shape index (κ2) is 7.93. The summed E-state index contributed by atoms with van der Waals surface area (Å²) in [5.74, 6) is 1.39. The molecule has 0 aliphatic carbocycles. The topological polar surface area (TPSA) is 51.0 Å². The SMILES string of the molecule is CCCNC(CCC)Cc1nc(-c2ccc(C)cc2)no1. The fourth-order valence-corrected chi connectivity index (χ4v) is 2.34. The second-order valence-corrected chi connectivity index (χ2v) is 5.52. The third kappa shape index (κ3) is 4.67. The highest BCUT2D eigenvalue weighted by Crippen LogP contribution is 2.17. The first-order valence-electron chi connectivity index (χ1n) is 7.86. The number of aryl methyl sites for hydroxylation is 1. The standard InChI is InChI=1S/C17H25N3O/c1-4-6-15(18-11-5-2)12-16-19-17(20-21-16)14-9-7-13(3)8-10-14/h7-10,15,18H,4-6,11-12H2,1-3H3. The third-order valence-electron chi connectivity index (χ3n) is 3.52. The highest BCUT2D eigenvalue weighted by molar-refractivity contribution is 5.54. The first-order chi connectivity index (χ1) is 10.2. The molecule has 0 fully saturated rings. The van der Waals surface area contributed by atoms with Crippen LogP contribution in [0.3, 0.4) is 0 Å². The maximum absolute atomic E-state index is 5.40. The molecule has 0 aliphatic heterocycles. The molecular formula is C17H25N3O. The molecular weight excluding hydrogens is 262 g/mol. The van der Waals surface area contributed by atoms with Gasteiger partial charge in [-0.3, -0.25) is 0 Å². The van der Waals surface area contributed by atoms with E-state index in [-0.39, 0.29) is 0 Å². The summed E-state index contributed by atoms with van der Waals surface area (Å²) < 4.78 is 5.40. The van der Waals surface area contributed by atoms with Gasteiger partial charge < -0.3 is 9.84 Å². The van der Waals surface area contributed by atoms with Gasteiger partial charge in [-0.05, 0) is 26.3 Å². The third-order valence-corrected chi connectivity index (χ3v) is 3.52. The Bertz CT molecular complexity index is 533. The number of hydrogen-bond acceptors (Lipinski definition) is 4. The van der Waals surface area contributed by atoms with Crippen molar-refractivity contribution in [3.63, 3.8) is 0 Å². The molecule has 2 aromatic rings. The van der Waals surface area contributed by atoms with Gasteiger partial charge in [0.2, 0.25) is 11.7 Å². The van der Waals surface area contributed by atoms with E-state index in [9.17, 15) is 0 Å². The molecule has 2 rings (SSSR count). The lowest BCUT2D eigenvalue weighted by Gasteiger charge is -2.15. The summed E-state index contributed by atoms with van der Waals surface area (Å²) in [5, 5.41) is 7.64. The summed E-state index contributed by atoms with van der Waals surface area (Å²) in [4.78, 5) is 4.52. The van der Waals surface area contributed by atoms with Gasteiger partial charge in [0.25, 0.3) is 0 Å². The predicted molar refractivity (Wildman–Crippen MR) is 85.2 cm³/mol. The lowest BCUT2D eigenvalue weighted by molar-refractivity contribution is 0.350. The van der Waals surface area contributed by atoms with Crippen LogP contribution in [0.2, 0.25) is 0 Å². The number of nitrogens with one attached hydrogen (secondary N) is 1. The van der Waals surface area contributed by atoms with Crippen LogP contribution in [0.4, 0.5) is 0 Å². The van der Waals surface area contributed by atoms with E-state index in [0.717, 1.165) is 37.8 Å². The molecule has 4 nitrogen and oxygen atoms in total. The van der Waals surface area contributed by atoms with Crippen LogP contribution in [0, 0.1) is 6.92 Å². The first kappa shape index (κ1) is 15.7. The van der Waals surface area contributed by atoms with Crippen LogP contribution in [-0.2, 0) is 6.42 Å². The van der Waals surface area contributed by atoms with Crippen molar-refractivity contribution in [2.45, 2.75) is 52.5 Å². The van der Waals surface area contributed by atoms with Crippen LogP contribution in [0.5, 0.6) is 0 Å². The van der Waals surface area contributed by atoms with Crippen molar-refractivity contribution in [3.05, 3.63) is 35.7 Å². The van der Waals surface area contributed by atoms with E-state index in [1.165, 1.54) is 5.56 Å². The maximum atomic E-state index is 5.40. The maximum Gasteiger partial charge on any atom is 0.228 e. The Kier molecular flexibility index (Phi) is 5.93. The zero-order valence-corrected chi connectivity index (χ0v) is 13.2. The van der Waals surface area contributed by atoms with Crippen LogP contribution in [-0.4, -0.2) is 22.7 Å². The molecule has 1 heterocycles. The van der Waals surface area contributed by atoms with Crippen LogP contribution < -0.4 is 5.32 Å². The number of hydrogen-bond donors (Lipinski definition) is 1. The molecule has 0 spiro atoms. The molecule has 0 saturated carbocycles. The van der Waals surface area contributed by atoms with Gasteiger partial charge in [0.1, 0.15) is 0 Å². The molecule has 4 heteroatoms. The van der Waals surface area contributed by atoms with Crippen molar-refractivity contribution in [3.8, 4) is 11.4 Å². The average molecular weight is 287 g/mol.